The summed E-state index contributed by atoms with van der Waals surface area (Å²) in [7, 11) is 3.52. The second kappa shape index (κ2) is 10.3. The number of quaternary nitrogens is 1. The third-order valence-corrected chi connectivity index (χ3v) is 3.95. The van der Waals surface area contributed by atoms with Gasteiger partial charge < -0.3 is 15.0 Å². The molecule has 1 atom stereocenters. The average molecular weight is 401 g/mol. The standard InChI is InChI=1S/C17H26BrN3O3/c1-12(2)7-8-19-17(23)20-16(22)11-21(3)10-13-9-14(18)5-6-15(13)24-4/h5-6,9,12H,7-8,10-11H2,1-4H3,(H2,19,20,22,23)/p+1. The van der Waals surface area contributed by atoms with Crippen molar-refractivity contribution in [1.29, 1.82) is 0 Å². The molecule has 0 aliphatic carbocycles. The third kappa shape index (κ3) is 7.79. The largest absolute Gasteiger partial charge is 0.496 e. The molecule has 0 saturated carbocycles. The summed E-state index contributed by atoms with van der Waals surface area (Å²) in [4.78, 5) is 24.5. The molecular formula is C17H27BrN3O3+. The van der Waals surface area contributed by atoms with Gasteiger partial charge in [0.2, 0.25) is 0 Å². The van der Waals surface area contributed by atoms with E-state index in [1.165, 1.54) is 0 Å². The van der Waals surface area contributed by atoms with Crippen molar-refractivity contribution in [3.63, 3.8) is 0 Å². The van der Waals surface area contributed by atoms with E-state index in [9.17, 15) is 9.59 Å². The van der Waals surface area contributed by atoms with Gasteiger partial charge in [-0.25, -0.2) is 4.79 Å². The maximum atomic E-state index is 11.9. The number of carbonyl (C=O) groups excluding carboxylic acids is 2. The van der Waals surface area contributed by atoms with Crippen LogP contribution in [0, 0.1) is 5.92 Å². The molecule has 3 amide bonds. The molecule has 1 aromatic rings. The lowest BCUT2D eigenvalue weighted by Gasteiger charge is -2.16. The van der Waals surface area contributed by atoms with Crippen molar-refractivity contribution in [3.8, 4) is 5.75 Å². The summed E-state index contributed by atoms with van der Waals surface area (Å²) in [6, 6.07) is 5.33. The van der Waals surface area contributed by atoms with Crippen LogP contribution in [0.25, 0.3) is 0 Å². The van der Waals surface area contributed by atoms with E-state index in [0.717, 1.165) is 27.1 Å². The van der Waals surface area contributed by atoms with Crippen molar-refractivity contribution in [3.05, 3.63) is 28.2 Å². The number of likely N-dealkylation sites (N-methyl/N-ethyl adjacent to an activating group) is 1. The number of halogens is 1. The fraction of sp³-hybridized carbons (Fsp3) is 0.529. The van der Waals surface area contributed by atoms with E-state index in [1.807, 2.05) is 25.2 Å². The molecule has 0 aromatic heterocycles. The molecule has 0 bridgehead atoms. The second-order valence-corrected chi connectivity index (χ2v) is 7.17. The number of nitrogens with one attached hydrogen (secondary N) is 3. The number of imide groups is 1. The number of urea groups is 1. The fourth-order valence-corrected chi connectivity index (χ4v) is 2.64. The second-order valence-electron chi connectivity index (χ2n) is 6.25. The van der Waals surface area contributed by atoms with E-state index >= 15 is 0 Å². The maximum absolute atomic E-state index is 11.9. The SMILES string of the molecule is COc1ccc(Br)cc1C[NH+](C)CC(=O)NC(=O)NCCC(C)C. The van der Waals surface area contributed by atoms with E-state index in [0.29, 0.717) is 19.0 Å². The van der Waals surface area contributed by atoms with E-state index < -0.39 is 6.03 Å². The first kappa shape index (κ1) is 20.4. The molecule has 0 saturated heterocycles. The maximum Gasteiger partial charge on any atom is 0.321 e. The zero-order valence-electron chi connectivity index (χ0n) is 14.7. The van der Waals surface area contributed by atoms with Gasteiger partial charge in [0.25, 0.3) is 5.91 Å². The van der Waals surface area contributed by atoms with Crippen LogP contribution in [0.15, 0.2) is 22.7 Å². The lowest BCUT2D eigenvalue weighted by atomic mass is 10.1. The predicted molar refractivity (Wildman–Crippen MR) is 97.1 cm³/mol. The van der Waals surface area contributed by atoms with Crippen LogP contribution >= 0.6 is 15.9 Å². The highest BCUT2D eigenvalue weighted by Gasteiger charge is 2.15. The van der Waals surface area contributed by atoms with E-state index in [4.69, 9.17) is 4.74 Å². The van der Waals surface area contributed by atoms with Gasteiger partial charge in [-0.2, -0.15) is 0 Å². The Hall–Kier alpha value is -1.60. The summed E-state index contributed by atoms with van der Waals surface area (Å²) in [5.41, 5.74) is 0.999. The van der Waals surface area contributed by atoms with Crippen LogP contribution in [-0.4, -0.2) is 39.2 Å². The van der Waals surface area contributed by atoms with E-state index in [-0.39, 0.29) is 12.5 Å². The first-order valence-electron chi connectivity index (χ1n) is 8.03. The molecule has 0 aliphatic heterocycles. The molecule has 7 heteroatoms. The Morgan fingerprint density at radius 3 is 2.67 bits per heavy atom. The third-order valence-electron chi connectivity index (χ3n) is 3.46. The Kier molecular flexibility index (Phi) is 8.78. The molecule has 0 heterocycles. The molecule has 0 radical (unpaired) electrons. The van der Waals surface area contributed by atoms with Crippen LogP contribution in [0.2, 0.25) is 0 Å². The van der Waals surface area contributed by atoms with Gasteiger partial charge in [-0.1, -0.05) is 29.8 Å². The van der Waals surface area contributed by atoms with Gasteiger partial charge in [-0.15, -0.1) is 0 Å². The van der Waals surface area contributed by atoms with Gasteiger partial charge in [-0.3, -0.25) is 10.1 Å². The van der Waals surface area contributed by atoms with Crippen molar-refractivity contribution in [2.24, 2.45) is 5.92 Å². The highest BCUT2D eigenvalue weighted by atomic mass is 79.9. The van der Waals surface area contributed by atoms with Crippen LogP contribution in [-0.2, 0) is 11.3 Å². The van der Waals surface area contributed by atoms with Crippen LogP contribution in [0.4, 0.5) is 4.79 Å². The number of rotatable bonds is 8. The minimum atomic E-state index is -0.437. The zero-order chi connectivity index (χ0) is 18.1. The van der Waals surface area contributed by atoms with E-state index in [2.05, 4.69) is 40.4 Å². The van der Waals surface area contributed by atoms with Crippen molar-refractivity contribution in [1.82, 2.24) is 10.6 Å². The molecule has 24 heavy (non-hydrogen) atoms. The minimum Gasteiger partial charge on any atom is -0.496 e. The Bertz CT molecular complexity index is 564. The number of benzene rings is 1. The lowest BCUT2D eigenvalue weighted by molar-refractivity contribution is -0.885. The first-order valence-corrected chi connectivity index (χ1v) is 8.82. The molecule has 6 nitrogen and oxygen atoms in total. The summed E-state index contributed by atoms with van der Waals surface area (Å²) in [6.45, 7) is 5.55. The molecular weight excluding hydrogens is 374 g/mol. The van der Waals surface area contributed by atoms with Gasteiger partial charge in [0, 0.05) is 16.6 Å². The minimum absolute atomic E-state index is 0.202. The smallest absolute Gasteiger partial charge is 0.321 e. The van der Waals surface area contributed by atoms with Crippen LogP contribution in [0.5, 0.6) is 5.75 Å². The number of hydrogen-bond donors (Lipinski definition) is 3. The average Bonchev–Trinajstić information content (AvgIpc) is 2.46. The lowest BCUT2D eigenvalue weighted by Crippen LogP contribution is -3.09. The highest BCUT2D eigenvalue weighted by molar-refractivity contribution is 9.10. The first-order chi connectivity index (χ1) is 11.3. The highest BCUT2D eigenvalue weighted by Crippen LogP contribution is 2.21. The zero-order valence-corrected chi connectivity index (χ0v) is 16.3. The van der Waals surface area contributed by atoms with Crippen LogP contribution < -0.4 is 20.3 Å². The van der Waals surface area contributed by atoms with Crippen LogP contribution in [0.1, 0.15) is 25.8 Å². The van der Waals surface area contributed by atoms with Gasteiger partial charge in [-0.05, 0) is 30.5 Å². The normalized spacial score (nSPS) is 11.9. The van der Waals surface area contributed by atoms with Gasteiger partial charge in [0.15, 0.2) is 6.54 Å². The van der Waals surface area contributed by atoms with Crippen molar-refractivity contribution >= 4 is 27.9 Å². The summed E-state index contributed by atoms with van der Waals surface area (Å²) in [6.07, 6.45) is 0.884. The number of amides is 3. The number of carbonyl (C=O) groups is 2. The molecule has 134 valence electrons. The predicted octanol–water partition coefficient (Wildman–Crippen LogP) is 1.34. The van der Waals surface area contributed by atoms with Gasteiger partial charge >= 0.3 is 6.03 Å². The Balaban J connectivity index is 2.44. The monoisotopic (exact) mass is 400 g/mol. The summed E-state index contributed by atoms with van der Waals surface area (Å²) in [5.74, 6) is 0.990. The fourth-order valence-electron chi connectivity index (χ4n) is 2.24. The Morgan fingerprint density at radius 2 is 2.04 bits per heavy atom. The van der Waals surface area contributed by atoms with Crippen LogP contribution in [0.3, 0.4) is 0 Å². The molecule has 1 aromatic carbocycles. The summed E-state index contributed by atoms with van der Waals surface area (Å²) in [5, 5.41) is 5.05. The molecule has 0 spiro atoms. The molecule has 1 rings (SSSR count). The molecule has 0 aliphatic rings. The summed E-state index contributed by atoms with van der Waals surface area (Å²) < 4.78 is 6.29. The summed E-state index contributed by atoms with van der Waals surface area (Å²) >= 11 is 3.44. The van der Waals surface area contributed by atoms with Crippen molar-refractivity contribution in [2.45, 2.75) is 26.8 Å². The quantitative estimate of drug-likeness (QED) is 0.616. The van der Waals surface area contributed by atoms with Crippen molar-refractivity contribution < 1.29 is 19.2 Å². The molecule has 0 fully saturated rings. The number of hydrogen-bond acceptors (Lipinski definition) is 3. The van der Waals surface area contributed by atoms with E-state index in [1.54, 1.807) is 7.11 Å². The van der Waals surface area contributed by atoms with Crippen molar-refractivity contribution in [2.75, 3.05) is 27.2 Å². The Labute approximate surface area is 152 Å². The number of ether oxygens (including phenoxy) is 1. The molecule has 1 unspecified atom stereocenters. The Morgan fingerprint density at radius 1 is 1.33 bits per heavy atom. The number of methoxy groups -OCH3 is 1. The molecule has 3 N–H and O–H groups in total. The van der Waals surface area contributed by atoms with Gasteiger partial charge in [0.05, 0.1) is 14.2 Å². The topological polar surface area (TPSA) is 71.9 Å². The van der Waals surface area contributed by atoms with Gasteiger partial charge in [0.1, 0.15) is 12.3 Å².